The lowest BCUT2D eigenvalue weighted by atomic mass is 10.3. The second-order valence-corrected chi connectivity index (χ2v) is 15.0. The monoisotopic (exact) mass is 491 g/mol. The van der Waals surface area contributed by atoms with Gasteiger partial charge in [-0.2, -0.15) is 4.52 Å². The first-order valence-electron chi connectivity index (χ1n) is 6.85. The van der Waals surface area contributed by atoms with Crippen molar-refractivity contribution in [2.45, 2.75) is 0 Å². The van der Waals surface area contributed by atoms with E-state index in [0.29, 0.717) is 21.5 Å². The van der Waals surface area contributed by atoms with Gasteiger partial charge in [0.15, 0.2) is 0 Å². The van der Waals surface area contributed by atoms with E-state index < -0.39 is 21.1 Å². The molecule has 0 atom stereocenters. The summed E-state index contributed by atoms with van der Waals surface area (Å²) in [6.07, 6.45) is 0. The summed E-state index contributed by atoms with van der Waals surface area (Å²) < 4.78 is 24.3. The molecule has 0 saturated heterocycles. The van der Waals surface area contributed by atoms with Gasteiger partial charge >= 0.3 is 7.66 Å². The van der Waals surface area contributed by atoms with Crippen molar-refractivity contribution in [1.29, 1.82) is 0 Å². The van der Waals surface area contributed by atoms with Crippen LogP contribution >= 0.6 is 66.8 Å². The molecule has 1 heterocycles. The lowest BCUT2D eigenvalue weighted by molar-refractivity contribution is 0.478. The van der Waals surface area contributed by atoms with Crippen molar-refractivity contribution in [3.8, 4) is 11.5 Å². The maximum atomic E-state index is 6.20. The van der Waals surface area contributed by atoms with Crippen molar-refractivity contribution in [1.82, 2.24) is 0 Å². The molecule has 0 amide bonds. The van der Waals surface area contributed by atoms with Crippen LogP contribution in [-0.4, -0.2) is 0 Å². The molecule has 4 N–H and O–H groups in total. The summed E-state index contributed by atoms with van der Waals surface area (Å²) in [5.41, 5.74) is 11.9. The number of benzene rings is 2. The molecular formula is C12H12Cl4N5O2P3. The third-order valence-electron chi connectivity index (χ3n) is 2.80. The number of hydrogen-bond donors (Lipinski definition) is 2. The maximum absolute atomic E-state index is 6.20. The van der Waals surface area contributed by atoms with Crippen LogP contribution in [0.5, 0.6) is 11.5 Å². The summed E-state index contributed by atoms with van der Waals surface area (Å²) in [6.45, 7) is 0. The highest BCUT2D eigenvalue weighted by Gasteiger charge is 2.37. The molecular weight excluding hydrogens is 481 g/mol. The van der Waals surface area contributed by atoms with Gasteiger partial charge in [-0.05, 0) is 71.0 Å². The molecule has 1 aliphatic heterocycles. The van der Waals surface area contributed by atoms with Gasteiger partial charge in [-0.25, -0.2) is 0 Å². The molecule has 2 aromatic rings. The van der Waals surface area contributed by atoms with Gasteiger partial charge in [-0.1, -0.05) is 23.2 Å². The highest BCUT2D eigenvalue weighted by molar-refractivity contribution is 8.13. The Morgan fingerprint density at radius 2 is 1.12 bits per heavy atom. The fourth-order valence-corrected chi connectivity index (χ4v) is 12.4. The van der Waals surface area contributed by atoms with E-state index in [1.165, 1.54) is 0 Å². The van der Waals surface area contributed by atoms with Crippen LogP contribution in [-0.2, 0) is 0 Å². The fourth-order valence-electron chi connectivity index (χ4n) is 1.90. The van der Waals surface area contributed by atoms with E-state index in [1.54, 1.807) is 48.5 Å². The molecule has 14 heteroatoms. The first-order chi connectivity index (χ1) is 12.1. The highest BCUT2D eigenvalue weighted by atomic mass is 35.9. The van der Waals surface area contributed by atoms with Gasteiger partial charge < -0.3 is 9.05 Å². The Labute approximate surface area is 170 Å². The molecule has 0 saturated carbocycles. The van der Waals surface area contributed by atoms with Gasteiger partial charge in [0, 0.05) is 10.0 Å². The zero-order chi connectivity index (χ0) is 19.0. The lowest BCUT2D eigenvalue weighted by Crippen LogP contribution is -2.08. The van der Waals surface area contributed by atoms with E-state index in [9.17, 15) is 0 Å². The minimum absolute atomic E-state index is 0.388. The molecule has 0 aliphatic carbocycles. The maximum Gasteiger partial charge on any atom is 0.453 e. The largest absolute Gasteiger partial charge is 0.453 e. The summed E-state index contributed by atoms with van der Waals surface area (Å²) >= 11 is 24.2. The fraction of sp³-hybridized carbons (Fsp3) is 0. The first-order valence-corrected chi connectivity index (χ1v) is 14.5. The van der Waals surface area contributed by atoms with E-state index in [0.717, 1.165) is 0 Å². The Morgan fingerprint density at radius 3 is 1.50 bits per heavy atom. The second-order valence-electron chi connectivity index (χ2n) is 5.01. The minimum atomic E-state index is -3.45. The minimum Gasteiger partial charge on any atom is -0.414 e. The van der Waals surface area contributed by atoms with Crippen LogP contribution in [0.1, 0.15) is 0 Å². The first kappa shape index (κ1) is 20.5. The smallest absolute Gasteiger partial charge is 0.414 e. The molecule has 0 bridgehead atoms. The van der Waals surface area contributed by atoms with Crippen molar-refractivity contribution < 1.29 is 9.05 Å². The van der Waals surface area contributed by atoms with Crippen molar-refractivity contribution in [3.63, 3.8) is 0 Å². The van der Waals surface area contributed by atoms with Crippen molar-refractivity contribution in [2.24, 2.45) is 24.6 Å². The average molecular weight is 493 g/mol. The van der Waals surface area contributed by atoms with Crippen molar-refractivity contribution in [2.75, 3.05) is 0 Å². The predicted molar refractivity (Wildman–Crippen MR) is 112 cm³/mol. The van der Waals surface area contributed by atoms with E-state index in [4.69, 9.17) is 65.7 Å². The second kappa shape index (κ2) is 7.67. The molecule has 26 heavy (non-hydrogen) atoms. The number of hydrogen-bond acceptors (Lipinski definition) is 7. The molecule has 2 aromatic carbocycles. The quantitative estimate of drug-likeness (QED) is 0.426. The van der Waals surface area contributed by atoms with E-state index >= 15 is 0 Å². The third kappa shape index (κ3) is 5.42. The third-order valence-corrected chi connectivity index (χ3v) is 12.5. The van der Waals surface area contributed by atoms with Crippen LogP contribution in [0.4, 0.5) is 0 Å². The summed E-state index contributed by atoms with van der Waals surface area (Å²) in [6, 6.07) is 13.1. The Morgan fingerprint density at radius 1 is 0.692 bits per heavy atom. The molecule has 140 valence electrons. The zero-order valence-corrected chi connectivity index (χ0v) is 18.5. The van der Waals surface area contributed by atoms with E-state index in [2.05, 4.69) is 13.5 Å². The van der Waals surface area contributed by atoms with Crippen LogP contribution in [0.15, 0.2) is 62.1 Å². The van der Waals surface area contributed by atoms with Crippen LogP contribution in [0.25, 0.3) is 0 Å². The standard InChI is InChI=1S/C12H12Cl4N5O2P3/c13-9-1-5-11(6-2-9)22-26(23-12-7-3-10(14)4-8-12)20-24(15,16)19-25(17,18)21-26/h1-8H,17-18H2. The number of nitrogens with two attached hydrogens (primary N) is 2. The van der Waals surface area contributed by atoms with Crippen LogP contribution in [0, 0.1) is 0 Å². The number of nitrogens with zero attached hydrogens (tertiary/aromatic N) is 3. The average Bonchev–Trinajstić information content (AvgIpc) is 2.49. The Balaban J connectivity index is 2.11. The van der Waals surface area contributed by atoms with E-state index in [1.807, 2.05) is 0 Å². The molecule has 0 spiro atoms. The Kier molecular flexibility index (Phi) is 6.06. The molecule has 3 rings (SSSR count). The van der Waals surface area contributed by atoms with Gasteiger partial charge in [0.1, 0.15) is 11.5 Å². The Bertz CT molecular complexity index is 926. The molecule has 0 unspecified atom stereocenters. The normalized spacial score (nSPS) is 19.5. The predicted octanol–water partition coefficient (Wildman–Crippen LogP) is 7.70. The van der Waals surface area contributed by atoms with Crippen molar-refractivity contribution in [3.05, 3.63) is 58.6 Å². The van der Waals surface area contributed by atoms with E-state index in [-0.39, 0.29) is 0 Å². The van der Waals surface area contributed by atoms with Crippen LogP contribution in [0.3, 0.4) is 0 Å². The summed E-state index contributed by atoms with van der Waals surface area (Å²) in [4.78, 5) is 0. The summed E-state index contributed by atoms with van der Waals surface area (Å²) in [5, 5.41) is 1.07. The molecule has 7 nitrogen and oxygen atoms in total. The summed E-state index contributed by atoms with van der Waals surface area (Å²) in [5.74, 6) is -2.45. The number of rotatable bonds is 4. The summed E-state index contributed by atoms with van der Waals surface area (Å²) in [7, 11) is -6.64. The van der Waals surface area contributed by atoms with Gasteiger partial charge in [0.2, 0.25) is 7.51 Å². The van der Waals surface area contributed by atoms with Gasteiger partial charge in [-0.15, -0.1) is 9.03 Å². The molecule has 1 aliphatic rings. The van der Waals surface area contributed by atoms with Crippen LogP contribution < -0.4 is 20.1 Å². The molecule has 0 fully saturated rings. The topological polar surface area (TPSA) is 108 Å². The molecule has 0 aromatic heterocycles. The van der Waals surface area contributed by atoms with Crippen molar-refractivity contribution >= 4 is 66.8 Å². The van der Waals surface area contributed by atoms with Crippen LogP contribution in [0.2, 0.25) is 10.0 Å². The van der Waals surface area contributed by atoms with Gasteiger partial charge in [0.25, 0.3) is 5.91 Å². The SMILES string of the molecule is NP1(N)=NP(Cl)(Cl)=NP(Oc2ccc(Cl)cc2)(Oc2ccc(Cl)cc2)=N1. The number of halogens is 4. The molecule has 0 radical (unpaired) electrons. The van der Waals surface area contributed by atoms with Gasteiger partial charge in [-0.3, -0.25) is 11.0 Å². The lowest BCUT2D eigenvalue weighted by Gasteiger charge is -2.27. The highest BCUT2D eigenvalue weighted by Crippen LogP contribution is 2.78. The zero-order valence-electron chi connectivity index (χ0n) is 12.8. The Hall–Kier alpha value is -0.190. The van der Waals surface area contributed by atoms with Gasteiger partial charge in [0.05, 0.1) is 0 Å².